The van der Waals surface area contributed by atoms with Crippen LogP contribution in [0.3, 0.4) is 0 Å². The van der Waals surface area contributed by atoms with Crippen molar-refractivity contribution >= 4 is 29.2 Å². The third-order valence-corrected chi connectivity index (χ3v) is 2.81. The lowest BCUT2D eigenvalue weighted by Crippen LogP contribution is -2.49. The zero-order valence-corrected chi connectivity index (χ0v) is 11.7. The summed E-state index contributed by atoms with van der Waals surface area (Å²) in [5.41, 5.74) is -0.911. The second-order valence-electron chi connectivity index (χ2n) is 4.89. The summed E-state index contributed by atoms with van der Waals surface area (Å²) in [4.78, 5) is 23.9. The zero-order chi connectivity index (χ0) is 14.7. The minimum absolute atomic E-state index is 0.758. The van der Waals surface area contributed by atoms with Gasteiger partial charge in [0.25, 0.3) is 0 Å². The van der Waals surface area contributed by atoms with Crippen LogP contribution in [0.1, 0.15) is 25.6 Å². The molecule has 6 heteroatoms. The van der Waals surface area contributed by atoms with Crippen molar-refractivity contribution in [3.05, 3.63) is 28.5 Å². The Bertz CT molecular complexity index is 480. The molecule has 0 unspecified atom stereocenters. The number of ketones is 1. The molecule has 0 aliphatic rings. The number of carbonyl (C=O) groups excluding carboxylic acids is 2. The third kappa shape index (κ3) is 4.59. The summed E-state index contributed by atoms with van der Waals surface area (Å²) >= 11 is 1.38. The fourth-order valence-corrected chi connectivity index (χ4v) is 1.73. The van der Waals surface area contributed by atoms with E-state index in [1.54, 1.807) is 32.9 Å². The number of thiophene rings is 1. The van der Waals surface area contributed by atoms with Gasteiger partial charge in [-0.1, -0.05) is 6.07 Å². The lowest BCUT2D eigenvalue weighted by Gasteiger charge is -2.24. The number of hydrogen-bond donors (Lipinski definition) is 2. The van der Waals surface area contributed by atoms with Crippen LogP contribution < -0.4 is 0 Å². The molecule has 1 heterocycles. The summed E-state index contributed by atoms with van der Waals surface area (Å²) in [5, 5.41) is 20.9. The van der Waals surface area contributed by atoms with E-state index in [4.69, 9.17) is 4.74 Å². The highest BCUT2D eigenvalue weighted by molar-refractivity contribution is 7.10. The number of hydrogen-bond acceptors (Lipinski definition) is 6. The van der Waals surface area contributed by atoms with Crippen molar-refractivity contribution in [1.29, 1.82) is 0 Å². The lowest BCUT2D eigenvalue weighted by atomic mass is 10.1. The van der Waals surface area contributed by atoms with E-state index in [-0.39, 0.29) is 0 Å². The number of rotatable bonds is 4. The summed E-state index contributed by atoms with van der Waals surface area (Å²) in [5.74, 6) is -5.70. The van der Waals surface area contributed by atoms with Crippen molar-refractivity contribution in [2.45, 2.75) is 32.2 Å². The van der Waals surface area contributed by atoms with E-state index < -0.39 is 23.1 Å². The zero-order valence-electron chi connectivity index (χ0n) is 10.9. The van der Waals surface area contributed by atoms with Crippen LogP contribution in [0.4, 0.5) is 0 Å². The van der Waals surface area contributed by atoms with Crippen molar-refractivity contribution in [2.75, 3.05) is 0 Å². The van der Waals surface area contributed by atoms with Crippen molar-refractivity contribution in [3.8, 4) is 0 Å². The van der Waals surface area contributed by atoms with Crippen LogP contribution in [0.2, 0.25) is 0 Å². The topological polar surface area (TPSA) is 83.8 Å². The molecule has 0 aliphatic heterocycles. The maximum Gasteiger partial charge on any atom is 0.375 e. The third-order valence-electron chi connectivity index (χ3n) is 1.97. The highest BCUT2D eigenvalue weighted by Crippen LogP contribution is 2.16. The maximum absolute atomic E-state index is 11.6. The second-order valence-corrected chi connectivity index (χ2v) is 5.87. The van der Waals surface area contributed by atoms with E-state index in [2.05, 4.69) is 0 Å². The molecule has 0 bridgehead atoms. The average Bonchev–Trinajstić information content (AvgIpc) is 2.76. The Labute approximate surface area is 115 Å². The molecule has 0 fully saturated rings. The van der Waals surface area contributed by atoms with Crippen LogP contribution in [0.15, 0.2) is 23.6 Å². The quantitative estimate of drug-likeness (QED) is 0.377. The van der Waals surface area contributed by atoms with Gasteiger partial charge in [-0.2, -0.15) is 0 Å². The van der Waals surface area contributed by atoms with Gasteiger partial charge in [0.05, 0.1) is 0 Å². The van der Waals surface area contributed by atoms with Gasteiger partial charge in [-0.3, -0.25) is 4.79 Å². The van der Waals surface area contributed by atoms with Gasteiger partial charge in [-0.05, 0) is 44.4 Å². The van der Waals surface area contributed by atoms with Gasteiger partial charge in [0.2, 0.25) is 5.78 Å². The molecule has 0 saturated carbocycles. The van der Waals surface area contributed by atoms with Gasteiger partial charge in [-0.15, -0.1) is 11.3 Å². The Morgan fingerprint density at radius 2 is 1.95 bits per heavy atom. The van der Waals surface area contributed by atoms with Crippen LogP contribution in [0.5, 0.6) is 0 Å². The largest absolute Gasteiger partial charge is 0.456 e. The SMILES string of the molecule is CC(C)(C)OC(=O)C(O)(O)C(=O)/C=C/c1cccs1. The predicted molar refractivity (Wildman–Crippen MR) is 71.4 cm³/mol. The van der Waals surface area contributed by atoms with Gasteiger partial charge < -0.3 is 14.9 Å². The Hall–Kier alpha value is -1.50. The molecular formula is C13H16O5S. The van der Waals surface area contributed by atoms with Crippen molar-refractivity contribution in [2.24, 2.45) is 0 Å². The highest BCUT2D eigenvalue weighted by atomic mass is 32.1. The van der Waals surface area contributed by atoms with Crippen LogP contribution in [-0.2, 0) is 14.3 Å². The van der Waals surface area contributed by atoms with Crippen molar-refractivity contribution < 1.29 is 24.5 Å². The lowest BCUT2D eigenvalue weighted by molar-refractivity contribution is -0.214. The first-order valence-electron chi connectivity index (χ1n) is 5.57. The fraction of sp³-hybridized carbons (Fsp3) is 0.385. The van der Waals surface area contributed by atoms with Crippen LogP contribution >= 0.6 is 11.3 Å². The van der Waals surface area contributed by atoms with Crippen LogP contribution in [0, 0.1) is 0 Å². The molecule has 0 aliphatic carbocycles. The summed E-state index contributed by atoms with van der Waals surface area (Å²) in [6.45, 7) is 4.69. The molecule has 0 saturated heterocycles. The van der Waals surface area contributed by atoms with E-state index in [0.29, 0.717) is 0 Å². The molecule has 0 aromatic carbocycles. The molecule has 1 aromatic heterocycles. The van der Waals surface area contributed by atoms with E-state index >= 15 is 0 Å². The van der Waals surface area contributed by atoms with Gasteiger partial charge in [0.1, 0.15) is 5.60 Å². The van der Waals surface area contributed by atoms with E-state index in [0.717, 1.165) is 11.0 Å². The summed E-state index contributed by atoms with van der Waals surface area (Å²) in [6.07, 6.45) is 2.34. The second kappa shape index (κ2) is 5.64. The smallest absolute Gasteiger partial charge is 0.375 e. The molecule has 19 heavy (non-hydrogen) atoms. The number of esters is 1. The highest BCUT2D eigenvalue weighted by Gasteiger charge is 2.43. The van der Waals surface area contributed by atoms with E-state index in [9.17, 15) is 19.8 Å². The molecule has 0 amide bonds. The van der Waals surface area contributed by atoms with E-state index in [1.807, 2.05) is 5.38 Å². The predicted octanol–water partition coefficient (Wildman–Crippen LogP) is 1.35. The first-order valence-corrected chi connectivity index (χ1v) is 6.45. The molecule has 0 spiro atoms. The van der Waals surface area contributed by atoms with E-state index in [1.165, 1.54) is 17.4 Å². The van der Waals surface area contributed by atoms with Gasteiger partial charge >= 0.3 is 11.8 Å². The molecule has 0 radical (unpaired) electrons. The molecule has 1 rings (SSSR count). The summed E-state index contributed by atoms with van der Waals surface area (Å²) in [7, 11) is 0. The summed E-state index contributed by atoms with van der Waals surface area (Å²) < 4.78 is 4.77. The Morgan fingerprint density at radius 3 is 2.42 bits per heavy atom. The number of aliphatic hydroxyl groups is 2. The maximum atomic E-state index is 11.6. The first kappa shape index (κ1) is 15.6. The monoisotopic (exact) mass is 284 g/mol. The van der Waals surface area contributed by atoms with Crippen LogP contribution in [-0.4, -0.2) is 33.4 Å². The Kier molecular flexibility index (Phi) is 4.62. The van der Waals surface area contributed by atoms with Crippen molar-refractivity contribution in [3.63, 3.8) is 0 Å². The normalized spacial score (nSPS) is 12.7. The minimum atomic E-state index is -3.17. The Balaban J connectivity index is 2.76. The van der Waals surface area contributed by atoms with Gasteiger partial charge in [0.15, 0.2) is 0 Å². The number of carbonyl (C=O) groups is 2. The summed E-state index contributed by atoms with van der Waals surface area (Å²) in [6, 6.07) is 3.53. The minimum Gasteiger partial charge on any atom is -0.456 e. The average molecular weight is 284 g/mol. The number of ether oxygens (including phenoxy) is 1. The molecule has 0 atom stereocenters. The standard InChI is InChI=1S/C13H16O5S/c1-12(2,3)18-11(15)13(16,17)10(14)7-6-9-5-4-8-19-9/h4-8,16-17H,1-3H3/b7-6+. The molecule has 5 nitrogen and oxygen atoms in total. The first-order chi connectivity index (χ1) is 8.63. The molecule has 1 aromatic rings. The van der Waals surface area contributed by atoms with Gasteiger partial charge in [-0.25, -0.2) is 4.79 Å². The Morgan fingerprint density at radius 1 is 1.32 bits per heavy atom. The van der Waals surface area contributed by atoms with Crippen molar-refractivity contribution in [1.82, 2.24) is 0 Å². The molecular weight excluding hydrogens is 268 g/mol. The fourth-order valence-electron chi connectivity index (χ4n) is 1.11. The molecule has 104 valence electrons. The van der Waals surface area contributed by atoms with Crippen LogP contribution in [0.25, 0.3) is 6.08 Å². The molecule has 2 N–H and O–H groups in total. The van der Waals surface area contributed by atoms with Gasteiger partial charge in [0, 0.05) is 4.88 Å².